The molecule has 0 amide bonds. The van der Waals surface area contributed by atoms with Crippen LogP contribution in [0.15, 0.2) is 188 Å². The summed E-state index contributed by atoms with van der Waals surface area (Å²) in [6.07, 6.45) is -1.26. The summed E-state index contributed by atoms with van der Waals surface area (Å²) in [4.78, 5) is 51.1. The summed E-state index contributed by atoms with van der Waals surface area (Å²) in [5, 5.41) is 12.8. The summed E-state index contributed by atoms with van der Waals surface area (Å²) in [7, 11) is 0. The molecule has 3 aromatic heterocycles. The van der Waals surface area contributed by atoms with Crippen LogP contribution in [0.4, 0.5) is 17.6 Å². The Balaban J connectivity index is 0.578. The molecule has 3 fully saturated rings. The van der Waals surface area contributed by atoms with Gasteiger partial charge in [0.15, 0.2) is 17.2 Å². The Hall–Kier alpha value is -9.44. The van der Waals surface area contributed by atoms with Crippen molar-refractivity contribution in [3.8, 4) is 51.7 Å². The lowest BCUT2D eigenvalue weighted by Crippen LogP contribution is -2.27. The number of nitrogens with zero attached hydrogens (tertiary/aromatic N) is 3. The fraction of sp³-hybridized carbons (Fsp3) is 0.276. The number of carbonyl (C=O) groups is 3. The third-order valence-electron chi connectivity index (χ3n) is 20.7. The van der Waals surface area contributed by atoms with E-state index < -0.39 is 28.9 Å². The molecule has 107 heavy (non-hydrogen) atoms. The van der Waals surface area contributed by atoms with Crippen LogP contribution in [0.5, 0.6) is 51.7 Å². The first-order valence-corrected chi connectivity index (χ1v) is 38.9. The molecule has 548 valence electrons. The van der Waals surface area contributed by atoms with Gasteiger partial charge in [0.25, 0.3) is 0 Å². The van der Waals surface area contributed by atoms with Crippen LogP contribution in [0.1, 0.15) is 106 Å². The number of aryl methyl sites for hydroxylation is 2. The van der Waals surface area contributed by atoms with E-state index in [1.54, 1.807) is 37.3 Å². The SMILES string of the molecule is Cc1cc(F)ccc1C(=O)c1sc2cc(OC3CN(CCc4ccc(Oc5c(C(=O)c6ccccc6C(F)(F)F)sc6cc(O)ccc56)cc4)C[C@H]3C)ccc2c1Oc1ccc(CCN2CC(Oc3ccc4c(Oc5ccc(CCN6CC[C@H](C)C6)cc5)c(C(=O)c5cc(Cl)ccc5C)sc4c3)[C@H](C)C2)cc1. The highest BCUT2D eigenvalue weighted by molar-refractivity contribution is 7.22. The van der Waals surface area contributed by atoms with E-state index in [9.17, 15) is 37.1 Å². The number of aromatic hydroxyl groups is 1. The summed E-state index contributed by atoms with van der Waals surface area (Å²) >= 11 is 10.1. The molecule has 9 aromatic carbocycles. The number of hydrogen-bond acceptors (Lipinski definition) is 15. The largest absolute Gasteiger partial charge is 0.508 e. The molecule has 3 aliphatic heterocycles. The molecule has 20 heteroatoms. The van der Waals surface area contributed by atoms with Crippen molar-refractivity contribution in [1.29, 1.82) is 0 Å². The van der Waals surface area contributed by atoms with Crippen LogP contribution in [0.2, 0.25) is 5.02 Å². The summed E-state index contributed by atoms with van der Waals surface area (Å²) in [5.41, 5.74) is 4.10. The molecule has 1 N–H and O–H groups in total. The lowest BCUT2D eigenvalue weighted by atomic mass is 10.0. The maximum Gasteiger partial charge on any atom is 0.417 e. The molecule has 15 rings (SSSR count). The molecule has 3 saturated heterocycles. The van der Waals surface area contributed by atoms with Gasteiger partial charge < -0.3 is 33.7 Å². The van der Waals surface area contributed by atoms with E-state index in [4.69, 9.17) is 35.3 Å². The smallest absolute Gasteiger partial charge is 0.417 e. The second-order valence-corrected chi connectivity index (χ2v) is 32.3. The van der Waals surface area contributed by atoms with Crippen LogP contribution >= 0.6 is 45.6 Å². The van der Waals surface area contributed by atoms with Gasteiger partial charge in [-0.25, -0.2) is 4.39 Å². The fourth-order valence-corrected chi connectivity index (χ4v) is 18.3. The van der Waals surface area contributed by atoms with Crippen molar-refractivity contribution in [2.75, 3.05) is 58.9 Å². The van der Waals surface area contributed by atoms with Crippen LogP contribution in [0.3, 0.4) is 0 Å². The number of phenolic OH excluding ortho intramolecular Hbond substituents is 1. The highest BCUT2D eigenvalue weighted by Gasteiger charge is 2.38. The van der Waals surface area contributed by atoms with E-state index in [2.05, 4.69) is 59.7 Å². The normalized spacial score (nSPS) is 17.9. The number of fused-ring (bicyclic) bond motifs is 3. The molecule has 0 saturated carbocycles. The molecule has 3 aliphatic rings. The Morgan fingerprint density at radius 1 is 0.477 bits per heavy atom. The second-order valence-electron chi connectivity index (χ2n) is 28.7. The number of benzene rings is 9. The van der Waals surface area contributed by atoms with Gasteiger partial charge in [0.2, 0.25) is 17.3 Å². The van der Waals surface area contributed by atoms with Gasteiger partial charge in [-0.05, 0) is 207 Å². The Morgan fingerprint density at radius 3 is 1.40 bits per heavy atom. The lowest BCUT2D eigenvalue weighted by molar-refractivity contribution is -0.137. The Morgan fingerprint density at radius 2 is 0.925 bits per heavy atom. The van der Waals surface area contributed by atoms with Gasteiger partial charge in [0.05, 0.1) is 5.56 Å². The van der Waals surface area contributed by atoms with E-state index in [1.807, 2.05) is 85.8 Å². The molecule has 2 unspecified atom stereocenters. The highest BCUT2D eigenvalue weighted by Crippen LogP contribution is 2.48. The summed E-state index contributed by atoms with van der Waals surface area (Å²) in [5.74, 6) is 3.46. The molecular formula is C87H78ClF4N3O9S3. The predicted molar refractivity (Wildman–Crippen MR) is 417 cm³/mol. The van der Waals surface area contributed by atoms with Gasteiger partial charge in [0.1, 0.15) is 67.2 Å². The maximum atomic E-state index is 14.6. The lowest BCUT2D eigenvalue weighted by Gasteiger charge is -2.18. The second kappa shape index (κ2) is 31.0. The molecule has 12 aromatic rings. The topological polar surface area (TPSA) is 127 Å². The van der Waals surface area contributed by atoms with E-state index in [0.717, 1.165) is 137 Å². The van der Waals surface area contributed by atoms with Crippen molar-refractivity contribution in [3.05, 3.63) is 264 Å². The Kier molecular flexibility index (Phi) is 21.2. The number of rotatable bonds is 25. The molecule has 0 radical (unpaired) electrons. The highest BCUT2D eigenvalue weighted by atomic mass is 35.5. The Labute approximate surface area is 635 Å². The van der Waals surface area contributed by atoms with Crippen molar-refractivity contribution in [2.45, 2.75) is 78.7 Å². The minimum absolute atomic E-state index is 0.0150. The minimum Gasteiger partial charge on any atom is -0.508 e. The van der Waals surface area contributed by atoms with E-state index in [1.165, 1.54) is 77.1 Å². The number of thiophene rings is 3. The number of alkyl halides is 3. The van der Waals surface area contributed by atoms with Crippen LogP contribution in [-0.2, 0) is 25.4 Å². The third-order valence-corrected chi connectivity index (χ3v) is 24.4. The van der Waals surface area contributed by atoms with Gasteiger partial charge in [-0.3, -0.25) is 24.2 Å². The van der Waals surface area contributed by atoms with Crippen molar-refractivity contribution in [2.24, 2.45) is 17.8 Å². The standard InChI is InChI=1S/C87H78ClF4N3O9S3/c1-50-32-36-93(45-50)37-33-55-11-20-63(21-12-55)104-83-70-31-27-65(44-77(70)107-86(83)80(99)71-41-58(88)17-10-51(71)2)101-74-49-95(47-54(74)5)39-35-57-15-24-62(25-16-57)103-82-69-30-26-64(43-76(69)106-84(82)78(97)66-28-18-59(89)40-52(66)3)100-73-48-94(46-53(73)4)38-34-56-13-22-61(23-14-56)102-81-68-29-19-60(96)42-75(68)105-85(81)79(98)67-8-6-7-9-72(67)87(90,91)92/h6-31,40-44,50,53-54,73-74,96H,32-39,45-49H2,1-5H3/t50-,53+,54+,73?,74?/m0/s1. The molecule has 0 aliphatic carbocycles. The van der Waals surface area contributed by atoms with Crippen LogP contribution in [0.25, 0.3) is 30.3 Å². The summed E-state index contributed by atoms with van der Waals surface area (Å²) in [6.45, 7) is 18.3. The summed E-state index contributed by atoms with van der Waals surface area (Å²) in [6, 6.07) is 54.1. The van der Waals surface area contributed by atoms with E-state index in [-0.39, 0.29) is 52.0 Å². The average molecular weight is 1520 g/mol. The van der Waals surface area contributed by atoms with Gasteiger partial charge in [-0.2, -0.15) is 13.2 Å². The molecule has 5 atom stereocenters. The van der Waals surface area contributed by atoms with Gasteiger partial charge in [0, 0.05) is 116 Å². The van der Waals surface area contributed by atoms with Crippen LogP contribution < -0.4 is 23.7 Å². The van der Waals surface area contributed by atoms with Crippen molar-refractivity contribution < 1.29 is 60.7 Å². The predicted octanol–water partition coefficient (Wildman–Crippen LogP) is 21.3. The van der Waals surface area contributed by atoms with Crippen molar-refractivity contribution in [1.82, 2.24) is 14.7 Å². The number of ketones is 3. The zero-order valence-electron chi connectivity index (χ0n) is 59.6. The first-order chi connectivity index (χ1) is 51.6. The fourth-order valence-electron chi connectivity index (χ4n) is 14.8. The van der Waals surface area contributed by atoms with Crippen LogP contribution in [0, 0.1) is 37.4 Å². The number of carbonyl (C=O) groups excluding carboxylic acids is 3. The van der Waals surface area contributed by atoms with Gasteiger partial charge in [-0.15, -0.1) is 34.0 Å². The average Bonchev–Trinajstić information content (AvgIpc) is 1.64. The molecular weight excluding hydrogens is 1440 g/mol. The molecule has 6 heterocycles. The Bertz CT molecular complexity index is 5330. The molecule has 0 bridgehead atoms. The molecule has 12 nitrogen and oxygen atoms in total. The monoisotopic (exact) mass is 1520 g/mol. The van der Waals surface area contributed by atoms with Crippen molar-refractivity contribution in [3.63, 3.8) is 0 Å². The number of hydrogen-bond donors (Lipinski definition) is 1. The summed E-state index contributed by atoms with van der Waals surface area (Å²) < 4.78 is 92.1. The first-order valence-electron chi connectivity index (χ1n) is 36.1. The van der Waals surface area contributed by atoms with Crippen LogP contribution in [-0.4, -0.2) is 108 Å². The van der Waals surface area contributed by atoms with E-state index in [0.29, 0.717) is 89.0 Å². The number of halogens is 5. The van der Waals surface area contributed by atoms with Gasteiger partial charge in [-0.1, -0.05) is 93.0 Å². The minimum atomic E-state index is -4.75. The zero-order chi connectivity index (χ0) is 74.4. The number of ether oxygens (including phenoxy) is 5. The number of likely N-dealkylation sites (tertiary alicyclic amines) is 3. The van der Waals surface area contributed by atoms with Crippen molar-refractivity contribution >= 4 is 93.2 Å². The van der Waals surface area contributed by atoms with E-state index >= 15 is 0 Å². The quantitative estimate of drug-likeness (QED) is 0.0432. The molecule has 0 spiro atoms. The zero-order valence-corrected chi connectivity index (χ0v) is 62.9. The third kappa shape index (κ3) is 16.2. The maximum absolute atomic E-state index is 14.6. The van der Waals surface area contributed by atoms with Gasteiger partial charge >= 0.3 is 6.18 Å². The number of phenols is 1. The first kappa shape index (κ1) is 73.1.